The SMILES string of the molecule is CC/C=C\C/C=C\C/C=C\C/C=C\C/C=C\CCCC(=O)OC1C(OCC(NC(=O)C(O)CCCCCCC/C=C/C=C/CCCCC)C(O)/C=C/CCCCCCCCCCCCC)OC(CO)C(O)C1O. The molecule has 0 aromatic carbocycles. The van der Waals surface area contributed by atoms with Crippen LogP contribution in [0.1, 0.15) is 220 Å². The number of aliphatic hydroxyl groups is 5. The molecule has 1 fully saturated rings. The summed E-state index contributed by atoms with van der Waals surface area (Å²) in [5.74, 6) is -1.28. The molecule has 0 aromatic rings. The van der Waals surface area contributed by atoms with Crippen molar-refractivity contribution in [3.05, 3.63) is 97.2 Å². The van der Waals surface area contributed by atoms with Crippen LogP contribution in [0.5, 0.6) is 0 Å². The van der Waals surface area contributed by atoms with Crippen LogP contribution in [-0.4, -0.2) is 99.6 Å². The Bertz CT molecular complexity index is 1550. The molecule has 0 spiro atoms. The highest BCUT2D eigenvalue weighted by molar-refractivity contribution is 5.80. The second-order valence-corrected chi connectivity index (χ2v) is 19.7. The number of unbranched alkanes of at least 4 members (excludes halogenated alkanes) is 20. The van der Waals surface area contributed by atoms with Gasteiger partial charge in [0.15, 0.2) is 12.4 Å². The molecule has 1 rings (SSSR count). The topological polar surface area (TPSA) is 175 Å². The van der Waals surface area contributed by atoms with Gasteiger partial charge in [-0.3, -0.25) is 9.59 Å². The Hall–Kier alpha value is -3.42. The minimum atomic E-state index is -1.64. The Kier molecular flexibility index (Phi) is 45.8. The molecule has 1 heterocycles. The summed E-state index contributed by atoms with van der Waals surface area (Å²) in [6.07, 6.45) is 54.5. The molecule has 73 heavy (non-hydrogen) atoms. The summed E-state index contributed by atoms with van der Waals surface area (Å²) in [6.45, 7) is 5.59. The first kappa shape index (κ1) is 67.6. The zero-order valence-electron chi connectivity index (χ0n) is 46.0. The number of nitrogens with one attached hydrogen (secondary N) is 1. The highest BCUT2D eigenvalue weighted by Crippen LogP contribution is 2.26. The predicted octanol–water partition coefficient (Wildman–Crippen LogP) is 13.2. The Labute approximate surface area is 444 Å². The molecular formula is C62H105NO10. The van der Waals surface area contributed by atoms with Crippen LogP contribution in [-0.2, 0) is 23.8 Å². The van der Waals surface area contributed by atoms with Crippen molar-refractivity contribution >= 4 is 11.9 Å². The van der Waals surface area contributed by atoms with E-state index >= 15 is 0 Å². The van der Waals surface area contributed by atoms with E-state index < -0.39 is 67.4 Å². The van der Waals surface area contributed by atoms with Crippen LogP contribution in [0.3, 0.4) is 0 Å². The van der Waals surface area contributed by atoms with E-state index in [4.69, 9.17) is 14.2 Å². The molecule has 1 aliphatic heterocycles. The van der Waals surface area contributed by atoms with E-state index in [1.165, 1.54) is 70.6 Å². The van der Waals surface area contributed by atoms with Crippen LogP contribution in [0.25, 0.3) is 0 Å². The maximum atomic E-state index is 13.4. The molecule has 418 valence electrons. The summed E-state index contributed by atoms with van der Waals surface area (Å²) >= 11 is 0. The fourth-order valence-electron chi connectivity index (χ4n) is 8.38. The van der Waals surface area contributed by atoms with Gasteiger partial charge in [0.1, 0.15) is 24.4 Å². The van der Waals surface area contributed by atoms with Gasteiger partial charge in [-0.2, -0.15) is 0 Å². The number of allylic oxidation sites excluding steroid dienone is 15. The lowest BCUT2D eigenvalue weighted by molar-refractivity contribution is -0.305. The van der Waals surface area contributed by atoms with Crippen LogP contribution in [0.15, 0.2) is 97.2 Å². The summed E-state index contributed by atoms with van der Waals surface area (Å²) in [4.78, 5) is 26.4. The third-order valence-electron chi connectivity index (χ3n) is 13.0. The predicted molar refractivity (Wildman–Crippen MR) is 301 cm³/mol. The van der Waals surface area contributed by atoms with Crippen LogP contribution in [0.2, 0.25) is 0 Å². The Morgan fingerprint density at radius 2 is 1.03 bits per heavy atom. The van der Waals surface area contributed by atoms with Gasteiger partial charge in [0, 0.05) is 6.42 Å². The molecule has 11 heteroatoms. The van der Waals surface area contributed by atoms with Crippen LogP contribution in [0.4, 0.5) is 0 Å². The fourth-order valence-corrected chi connectivity index (χ4v) is 8.38. The Morgan fingerprint density at radius 1 is 0.562 bits per heavy atom. The second-order valence-electron chi connectivity index (χ2n) is 19.7. The molecule has 6 N–H and O–H groups in total. The monoisotopic (exact) mass is 1020 g/mol. The first-order chi connectivity index (χ1) is 35.7. The largest absolute Gasteiger partial charge is 0.454 e. The number of hydrogen-bond acceptors (Lipinski definition) is 10. The van der Waals surface area contributed by atoms with Crippen molar-refractivity contribution in [3.8, 4) is 0 Å². The summed E-state index contributed by atoms with van der Waals surface area (Å²) in [7, 11) is 0. The van der Waals surface area contributed by atoms with Gasteiger partial charge in [-0.05, 0) is 89.9 Å². The third-order valence-corrected chi connectivity index (χ3v) is 13.0. The van der Waals surface area contributed by atoms with Crippen molar-refractivity contribution in [2.45, 2.75) is 269 Å². The number of esters is 1. The molecule has 0 aliphatic carbocycles. The van der Waals surface area contributed by atoms with Crippen LogP contribution < -0.4 is 5.32 Å². The molecule has 1 aliphatic rings. The zero-order valence-corrected chi connectivity index (χ0v) is 46.0. The zero-order chi connectivity index (χ0) is 53.3. The standard InChI is InChI=1S/C62H105NO10/c1-4-7-10-13-16-19-22-25-27-28-29-32-35-38-41-44-47-50-57(67)73-60-59(69)58(68)56(51-64)72-62(60)71-52-53(54(65)48-45-42-39-36-33-30-24-21-18-15-12-9-6-3)63-61(70)55(66)49-46-43-40-37-34-31-26-23-20-17-14-11-8-5-2/h7,10,16-17,19-20,23,25-27,29,32,38,41,45,48,53-56,58-60,62,64-66,68-69H,4-6,8-9,11-15,18,21-22,24,28,30-31,33-37,39-40,42-44,46-47,49-52H2,1-3H3,(H,63,70)/b10-7-,19-16-,20-17+,26-23+,27-25-,32-29-,41-38-,48-45+. The molecule has 0 saturated carbocycles. The maximum Gasteiger partial charge on any atom is 0.306 e. The van der Waals surface area contributed by atoms with E-state index in [0.29, 0.717) is 19.3 Å². The highest BCUT2D eigenvalue weighted by Gasteiger charge is 2.47. The van der Waals surface area contributed by atoms with Gasteiger partial charge in [0.2, 0.25) is 5.91 Å². The molecule has 8 unspecified atom stereocenters. The van der Waals surface area contributed by atoms with Gasteiger partial charge in [-0.1, -0.05) is 221 Å². The molecule has 0 aromatic heterocycles. The first-order valence-corrected chi connectivity index (χ1v) is 29.0. The quantitative estimate of drug-likeness (QED) is 0.0149. The van der Waals surface area contributed by atoms with E-state index in [-0.39, 0.29) is 19.4 Å². The van der Waals surface area contributed by atoms with E-state index in [0.717, 1.165) is 96.3 Å². The van der Waals surface area contributed by atoms with Gasteiger partial charge < -0.3 is 45.1 Å². The Balaban J connectivity index is 2.79. The smallest absolute Gasteiger partial charge is 0.306 e. The number of carbonyl (C=O) groups is 2. The summed E-state index contributed by atoms with van der Waals surface area (Å²) in [5, 5.41) is 56.8. The number of aliphatic hydroxyl groups excluding tert-OH is 5. The number of carbonyl (C=O) groups excluding carboxylic acids is 2. The molecule has 0 bridgehead atoms. The lowest BCUT2D eigenvalue weighted by Crippen LogP contribution is -2.61. The van der Waals surface area contributed by atoms with Gasteiger partial charge >= 0.3 is 5.97 Å². The molecule has 1 saturated heterocycles. The summed E-state index contributed by atoms with van der Waals surface area (Å²) in [5.41, 5.74) is 0. The van der Waals surface area contributed by atoms with Crippen molar-refractivity contribution in [1.29, 1.82) is 0 Å². The molecular weight excluding hydrogens is 919 g/mol. The molecule has 8 atom stereocenters. The van der Waals surface area contributed by atoms with Gasteiger partial charge in [-0.15, -0.1) is 0 Å². The highest BCUT2D eigenvalue weighted by atomic mass is 16.7. The minimum Gasteiger partial charge on any atom is -0.454 e. The lowest BCUT2D eigenvalue weighted by atomic mass is 9.99. The molecule has 11 nitrogen and oxygen atoms in total. The molecule has 1 amide bonds. The number of rotatable bonds is 47. The lowest BCUT2D eigenvalue weighted by Gasteiger charge is -2.41. The van der Waals surface area contributed by atoms with E-state index in [2.05, 4.69) is 99.0 Å². The van der Waals surface area contributed by atoms with E-state index in [9.17, 15) is 35.1 Å². The van der Waals surface area contributed by atoms with Gasteiger partial charge in [0.25, 0.3) is 0 Å². The van der Waals surface area contributed by atoms with Crippen molar-refractivity contribution in [2.24, 2.45) is 0 Å². The van der Waals surface area contributed by atoms with E-state index in [1.54, 1.807) is 6.08 Å². The normalized spacial score (nSPS) is 20.1. The van der Waals surface area contributed by atoms with Crippen LogP contribution >= 0.6 is 0 Å². The van der Waals surface area contributed by atoms with Crippen molar-refractivity contribution in [3.63, 3.8) is 0 Å². The van der Waals surface area contributed by atoms with Gasteiger partial charge in [-0.25, -0.2) is 0 Å². The number of ether oxygens (including phenoxy) is 3. The van der Waals surface area contributed by atoms with Gasteiger partial charge in [0.05, 0.1) is 25.4 Å². The van der Waals surface area contributed by atoms with Crippen LogP contribution in [0, 0.1) is 0 Å². The number of amides is 1. The molecule has 0 radical (unpaired) electrons. The van der Waals surface area contributed by atoms with Crippen molar-refractivity contribution in [1.82, 2.24) is 5.32 Å². The summed E-state index contributed by atoms with van der Waals surface area (Å²) in [6, 6.07) is -1.05. The van der Waals surface area contributed by atoms with Crippen molar-refractivity contribution < 1.29 is 49.3 Å². The maximum absolute atomic E-state index is 13.4. The summed E-state index contributed by atoms with van der Waals surface area (Å²) < 4.78 is 17.5. The number of hydrogen-bond donors (Lipinski definition) is 6. The first-order valence-electron chi connectivity index (χ1n) is 29.0. The van der Waals surface area contributed by atoms with E-state index in [1.807, 2.05) is 18.2 Å². The average Bonchev–Trinajstić information content (AvgIpc) is 3.39. The second kappa shape index (κ2) is 49.5. The third kappa shape index (κ3) is 37.9. The minimum absolute atomic E-state index is 0.0391. The fraction of sp³-hybridized carbons (Fsp3) is 0.710. The Morgan fingerprint density at radius 3 is 1.58 bits per heavy atom. The average molecular weight is 1020 g/mol. The van der Waals surface area contributed by atoms with Crippen molar-refractivity contribution in [2.75, 3.05) is 13.2 Å².